The smallest absolute Gasteiger partial charge is 0.329 e. The third kappa shape index (κ3) is 3.93. The number of hydrogen-bond acceptors (Lipinski definition) is 3. The van der Waals surface area contributed by atoms with Crippen molar-refractivity contribution in [2.75, 3.05) is 7.11 Å². The van der Waals surface area contributed by atoms with Gasteiger partial charge >= 0.3 is 5.97 Å². The van der Waals surface area contributed by atoms with Gasteiger partial charge in [0.1, 0.15) is 11.3 Å². The first-order chi connectivity index (χ1) is 11.5. The first kappa shape index (κ1) is 17.5. The van der Waals surface area contributed by atoms with Crippen LogP contribution >= 0.6 is 0 Å². The van der Waals surface area contributed by atoms with E-state index >= 15 is 0 Å². The number of carbonyl (C=O) groups is 2. The molecule has 0 spiro atoms. The lowest BCUT2D eigenvalue weighted by atomic mass is 9.87. The van der Waals surface area contributed by atoms with Crippen LogP contribution in [0.15, 0.2) is 54.6 Å². The Hall–Kier alpha value is -2.82. The Balaban J connectivity index is 2.25. The number of hydrogen-bond donors (Lipinski definition) is 2. The molecule has 2 N–H and O–H groups in total. The number of amides is 1. The van der Waals surface area contributed by atoms with E-state index in [0.29, 0.717) is 11.3 Å². The lowest BCUT2D eigenvalue weighted by Gasteiger charge is -2.29. The van der Waals surface area contributed by atoms with Crippen molar-refractivity contribution >= 4 is 11.9 Å². The Kier molecular flexibility index (Phi) is 5.58. The molecule has 5 nitrogen and oxygen atoms in total. The highest BCUT2D eigenvalue weighted by molar-refractivity contribution is 5.97. The van der Waals surface area contributed by atoms with Gasteiger partial charge in [0.15, 0.2) is 0 Å². The summed E-state index contributed by atoms with van der Waals surface area (Å²) in [5, 5.41) is 12.4. The lowest BCUT2D eigenvalue weighted by Crippen LogP contribution is -2.55. The van der Waals surface area contributed by atoms with Crippen LogP contribution in [0.5, 0.6) is 5.75 Å². The van der Waals surface area contributed by atoms with Crippen LogP contribution in [0.4, 0.5) is 0 Å². The van der Waals surface area contributed by atoms with Crippen LogP contribution in [0.1, 0.15) is 29.3 Å². The molecule has 2 aromatic carbocycles. The summed E-state index contributed by atoms with van der Waals surface area (Å²) >= 11 is 0. The summed E-state index contributed by atoms with van der Waals surface area (Å²) in [4.78, 5) is 24.3. The van der Waals surface area contributed by atoms with Gasteiger partial charge in [-0.2, -0.15) is 0 Å². The average molecular weight is 327 g/mol. The summed E-state index contributed by atoms with van der Waals surface area (Å²) in [5.41, 5.74) is -0.110. The van der Waals surface area contributed by atoms with Gasteiger partial charge in [0.25, 0.3) is 5.91 Å². The fourth-order valence-electron chi connectivity index (χ4n) is 2.51. The number of nitrogens with one attached hydrogen (secondary N) is 1. The van der Waals surface area contributed by atoms with E-state index in [1.54, 1.807) is 68.6 Å². The number of methoxy groups -OCH3 is 1. The maximum Gasteiger partial charge on any atom is 0.329 e. The standard InChI is InChI=1S/C19H21NO4/c1-3-19(18(22)23,13-14-9-11-16(24-2)12-10-14)20-17(21)15-7-5-4-6-8-15/h4-12H,3,13H2,1-2H3,(H,20,21)(H,22,23). The van der Waals surface area contributed by atoms with Gasteiger partial charge < -0.3 is 15.2 Å². The van der Waals surface area contributed by atoms with Crippen molar-refractivity contribution in [2.24, 2.45) is 0 Å². The van der Waals surface area contributed by atoms with Crippen molar-refractivity contribution in [1.82, 2.24) is 5.32 Å². The van der Waals surface area contributed by atoms with E-state index in [9.17, 15) is 14.7 Å². The van der Waals surface area contributed by atoms with Gasteiger partial charge in [-0.25, -0.2) is 4.79 Å². The highest BCUT2D eigenvalue weighted by Crippen LogP contribution is 2.21. The molecule has 0 aliphatic carbocycles. The topological polar surface area (TPSA) is 75.6 Å². The maximum absolute atomic E-state index is 12.4. The zero-order chi connectivity index (χ0) is 17.6. The lowest BCUT2D eigenvalue weighted by molar-refractivity contribution is -0.144. The highest BCUT2D eigenvalue weighted by atomic mass is 16.5. The predicted molar refractivity (Wildman–Crippen MR) is 91.3 cm³/mol. The minimum Gasteiger partial charge on any atom is -0.497 e. The van der Waals surface area contributed by atoms with E-state index < -0.39 is 17.4 Å². The van der Waals surface area contributed by atoms with E-state index in [1.807, 2.05) is 0 Å². The van der Waals surface area contributed by atoms with Crippen LogP contribution in [0.2, 0.25) is 0 Å². The van der Waals surface area contributed by atoms with Gasteiger partial charge in [-0.3, -0.25) is 4.79 Å². The Morgan fingerprint density at radius 1 is 1.08 bits per heavy atom. The number of ether oxygens (including phenoxy) is 1. The maximum atomic E-state index is 12.4. The Bertz CT molecular complexity index is 697. The third-order valence-corrected chi connectivity index (χ3v) is 4.07. The molecule has 1 unspecified atom stereocenters. The quantitative estimate of drug-likeness (QED) is 0.820. The van der Waals surface area contributed by atoms with E-state index in [4.69, 9.17) is 4.74 Å². The van der Waals surface area contributed by atoms with Crippen molar-refractivity contribution in [3.8, 4) is 5.75 Å². The molecule has 0 radical (unpaired) electrons. The van der Waals surface area contributed by atoms with E-state index in [0.717, 1.165) is 5.56 Å². The number of carbonyl (C=O) groups excluding carboxylic acids is 1. The van der Waals surface area contributed by atoms with Crippen molar-refractivity contribution < 1.29 is 19.4 Å². The highest BCUT2D eigenvalue weighted by Gasteiger charge is 2.38. The number of rotatable bonds is 7. The summed E-state index contributed by atoms with van der Waals surface area (Å²) in [5.74, 6) is -0.747. The fraction of sp³-hybridized carbons (Fsp3) is 0.263. The molecule has 0 fully saturated rings. The molecular formula is C19H21NO4. The van der Waals surface area contributed by atoms with Gasteiger partial charge in [-0.15, -0.1) is 0 Å². The number of aliphatic carboxylic acids is 1. The first-order valence-corrected chi connectivity index (χ1v) is 7.74. The molecule has 0 saturated heterocycles. The largest absolute Gasteiger partial charge is 0.497 e. The molecule has 0 aliphatic rings. The van der Waals surface area contributed by atoms with Gasteiger partial charge in [0, 0.05) is 12.0 Å². The summed E-state index contributed by atoms with van der Waals surface area (Å²) in [7, 11) is 1.57. The zero-order valence-corrected chi connectivity index (χ0v) is 13.8. The van der Waals surface area contributed by atoms with Crippen LogP contribution in [0.25, 0.3) is 0 Å². The molecule has 5 heteroatoms. The second-order valence-corrected chi connectivity index (χ2v) is 5.59. The minimum absolute atomic E-state index is 0.196. The molecule has 1 amide bonds. The Morgan fingerprint density at radius 3 is 2.21 bits per heavy atom. The monoisotopic (exact) mass is 327 g/mol. The van der Waals surface area contributed by atoms with E-state index in [-0.39, 0.29) is 12.8 Å². The van der Waals surface area contributed by atoms with Gasteiger partial charge in [-0.1, -0.05) is 37.3 Å². The van der Waals surface area contributed by atoms with Crippen LogP contribution in [-0.4, -0.2) is 29.6 Å². The van der Waals surface area contributed by atoms with Crippen LogP contribution in [0, 0.1) is 0 Å². The molecule has 0 bridgehead atoms. The fourth-order valence-corrected chi connectivity index (χ4v) is 2.51. The average Bonchev–Trinajstić information content (AvgIpc) is 2.62. The third-order valence-electron chi connectivity index (χ3n) is 4.07. The van der Waals surface area contributed by atoms with Gasteiger partial charge in [0.2, 0.25) is 0 Å². The van der Waals surface area contributed by atoms with Crippen LogP contribution < -0.4 is 10.1 Å². The van der Waals surface area contributed by atoms with E-state index in [1.165, 1.54) is 0 Å². The van der Waals surface area contributed by atoms with Crippen LogP contribution in [-0.2, 0) is 11.2 Å². The first-order valence-electron chi connectivity index (χ1n) is 7.74. The van der Waals surface area contributed by atoms with Gasteiger partial charge in [0.05, 0.1) is 7.11 Å². The molecule has 1 atom stereocenters. The molecule has 0 saturated carbocycles. The van der Waals surface area contributed by atoms with Crippen molar-refractivity contribution in [2.45, 2.75) is 25.3 Å². The number of carboxylic acid groups (broad SMARTS) is 1. The summed E-state index contributed by atoms with van der Waals surface area (Å²) in [6, 6.07) is 15.8. The number of benzene rings is 2. The predicted octanol–water partition coefficient (Wildman–Crippen LogP) is 2.90. The summed E-state index contributed by atoms with van der Waals surface area (Å²) < 4.78 is 5.11. The van der Waals surface area contributed by atoms with E-state index in [2.05, 4.69) is 5.32 Å². The van der Waals surface area contributed by atoms with Crippen molar-refractivity contribution in [3.63, 3.8) is 0 Å². The molecule has 0 aliphatic heterocycles. The molecule has 2 rings (SSSR count). The molecule has 24 heavy (non-hydrogen) atoms. The summed E-state index contributed by atoms with van der Waals surface area (Å²) in [6.07, 6.45) is 0.467. The molecular weight excluding hydrogens is 306 g/mol. The molecule has 0 aromatic heterocycles. The zero-order valence-electron chi connectivity index (χ0n) is 13.8. The SMILES string of the molecule is CCC(Cc1ccc(OC)cc1)(NC(=O)c1ccccc1)C(=O)O. The molecule has 126 valence electrons. The van der Waals surface area contributed by atoms with Crippen LogP contribution in [0.3, 0.4) is 0 Å². The Morgan fingerprint density at radius 2 is 1.71 bits per heavy atom. The van der Waals surface area contributed by atoms with Crippen molar-refractivity contribution in [3.05, 3.63) is 65.7 Å². The minimum atomic E-state index is -1.36. The number of carboxylic acids is 1. The molecule has 0 heterocycles. The van der Waals surface area contributed by atoms with Gasteiger partial charge in [-0.05, 0) is 36.2 Å². The Labute approximate surface area is 141 Å². The normalized spacial score (nSPS) is 12.9. The second kappa shape index (κ2) is 7.64. The molecule has 2 aromatic rings. The van der Waals surface area contributed by atoms with Crippen molar-refractivity contribution in [1.29, 1.82) is 0 Å². The summed E-state index contributed by atoms with van der Waals surface area (Å²) in [6.45, 7) is 1.75. The second-order valence-electron chi connectivity index (χ2n) is 5.59.